The van der Waals surface area contributed by atoms with Gasteiger partial charge in [-0.2, -0.15) is 0 Å². The molecule has 2 aromatic carbocycles. The molecular weight excluding hydrogens is 363 g/mol. The molecule has 2 rings (SSSR count). The first-order valence-electron chi connectivity index (χ1n) is 5.40. The molecule has 0 amide bonds. The van der Waals surface area contributed by atoms with Gasteiger partial charge in [-0.05, 0) is 46.6 Å². The number of benzene rings is 2. The Bertz CT molecular complexity index is 568. The molecule has 0 spiro atoms. The molecule has 4 heteroatoms. The van der Waals surface area contributed by atoms with Crippen molar-refractivity contribution in [3.63, 3.8) is 0 Å². The lowest BCUT2D eigenvalue weighted by molar-refractivity contribution is 0.302. The number of rotatable bonds is 3. The summed E-state index contributed by atoms with van der Waals surface area (Å²) in [6.45, 7) is 2.30. The van der Waals surface area contributed by atoms with E-state index in [1.807, 2.05) is 31.2 Å². The second-order valence-corrected chi connectivity index (χ2v) is 5.62. The van der Waals surface area contributed by atoms with Crippen molar-refractivity contribution in [3.8, 4) is 5.75 Å². The van der Waals surface area contributed by atoms with Gasteiger partial charge in [-0.3, -0.25) is 0 Å². The van der Waals surface area contributed by atoms with Gasteiger partial charge in [0.15, 0.2) is 0 Å². The minimum absolute atomic E-state index is 0.276. The maximum absolute atomic E-state index is 13.3. The maximum Gasteiger partial charge on any atom is 0.137 e. The average Bonchev–Trinajstić information content (AvgIpc) is 2.35. The molecule has 1 nitrogen and oxygen atoms in total. The van der Waals surface area contributed by atoms with E-state index in [9.17, 15) is 4.39 Å². The number of hydrogen-bond acceptors (Lipinski definition) is 1. The highest BCUT2D eigenvalue weighted by molar-refractivity contribution is 9.10. The zero-order chi connectivity index (χ0) is 13.1. The normalized spacial score (nSPS) is 10.4. The fraction of sp³-hybridized carbons (Fsp3) is 0.143. The Kier molecular flexibility index (Phi) is 4.40. The van der Waals surface area contributed by atoms with Crippen molar-refractivity contribution in [2.45, 2.75) is 13.5 Å². The Hall–Kier alpha value is -0.870. The van der Waals surface area contributed by atoms with Gasteiger partial charge < -0.3 is 4.74 Å². The lowest BCUT2D eigenvalue weighted by atomic mass is 10.2. The van der Waals surface area contributed by atoms with Crippen molar-refractivity contribution >= 4 is 31.9 Å². The van der Waals surface area contributed by atoms with Crippen LogP contribution in [0.3, 0.4) is 0 Å². The molecule has 2 aromatic rings. The molecule has 0 radical (unpaired) electrons. The van der Waals surface area contributed by atoms with Gasteiger partial charge in [0.2, 0.25) is 0 Å². The van der Waals surface area contributed by atoms with E-state index in [1.54, 1.807) is 6.07 Å². The molecule has 0 atom stereocenters. The van der Waals surface area contributed by atoms with Crippen LogP contribution in [0.5, 0.6) is 5.75 Å². The standard InChI is InChI=1S/C14H11Br2FO/c1-9-5-6-11(15)7-13(9)18-8-10-3-2-4-12(17)14(10)16/h2-7H,8H2,1H3. The van der Waals surface area contributed by atoms with E-state index >= 15 is 0 Å². The molecule has 0 saturated carbocycles. The molecule has 0 bridgehead atoms. The SMILES string of the molecule is Cc1ccc(Br)cc1OCc1cccc(F)c1Br. The molecule has 0 fully saturated rings. The van der Waals surface area contributed by atoms with E-state index < -0.39 is 0 Å². The van der Waals surface area contributed by atoms with Crippen LogP contribution < -0.4 is 4.74 Å². The monoisotopic (exact) mass is 372 g/mol. The highest BCUT2D eigenvalue weighted by Crippen LogP contribution is 2.26. The van der Waals surface area contributed by atoms with Crippen LogP contribution in [-0.2, 0) is 6.61 Å². The number of halogens is 3. The van der Waals surface area contributed by atoms with Crippen LogP contribution >= 0.6 is 31.9 Å². The lowest BCUT2D eigenvalue weighted by Gasteiger charge is -2.11. The summed E-state index contributed by atoms with van der Waals surface area (Å²) < 4.78 is 20.5. The van der Waals surface area contributed by atoms with Gasteiger partial charge in [0.25, 0.3) is 0 Å². The van der Waals surface area contributed by atoms with Crippen LogP contribution in [0.1, 0.15) is 11.1 Å². The van der Waals surface area contributed by atoms with Crippen LogP contribution in [0, 0.1) is 12.7 Å². The Morgan fingerprint density at radius 2 is 1.94 bits per heavy atom. The molecule has 0 aliphatic carbocycles. The van der Waals surface area contributed by atoms with E-state index in [2.05, 4.69) is 31.9 Å². The fourth-order valence-electron chi connectivity index (χ4n) is 1.54. The Balaban J connectivity index is 2.16. The van der Waals surface area contributed by atoms with Gasteiger partial charge in [-0.1, -0.05) is 34.1 Å². The second kappa shape index (κ2) is 5.85. The molecule has 0 unspecified atom stereocenters. The van der Waals surface area contributed by atoms with Crippen LogP contribution in [0.15, 0.2) is 45.3 Å². The smallest absolute Gasteiger partial charge is 0.137 e. The van der Waals surface area contributed by atoms with Crippen LogP contribution in [-0.4, -0.2) is 0 Å². The quantitative estimate of drug-likeness (QED) is 0.714. The zero-order valence-corrected chi connectivity index (χ0v) is 12.9. The predicted molar refractivity (Wildman–Crippen MR) is 77.3 cm³/mol. The van der Waals surface area contributed by atoms with E-state index in [1.165, 1.54) is 6.07 Å². The highest BCUT2D eigenvalue weighted by Gasteiger charge is 2.07. The van der Waals surface area contributed by atoms with Crippen molar-refractivity contribution in [1.82, 2.24) is 0 Å². The second-order valence-electron chi connectivity index (χ2n) is 3.91. The van der Waals surface area contributed by atoms with Crippen molar-refractivity contribution in [3.05, 3.63) is 62.3 Å². The third-order valence-corrected chi connectivity index (χ3v) is 3.95. The Morgan fingerprint density at radius 1 is 1.17 bits per heavy atom. The van der Waals surface area contributed by atoms with Crippen molar-refractivity contribution in [2.24, 2.45) is 0 Å². The zero-order valence-electron chi connectivity index (χ0n) is 9.71. The largest absolute Gasteiger partial charge is 0.489 e. The Morgan fingerprint density at radius 3 is 2.72 bits per heavy atom. The molecule has 0 aromatic heterocycles. The molecule has 18 heavy (non-hydrogen) atoms. The third-order valence-electron chi connectivity index (χ3n) is 2.56. The summed E-state index contributed by atoms with van der Waals surface area (Å²) in [5.74, 6) is 0.516. The number of ether oxygens (including phenoxy) is 1. The van der Waals surface area contributed by atoms with E-state index in [0.29, 0.717) is 11.1 Å². The van der Waals surface area contributed by atoms with Crippen molar-refractivity contribution < 1.29 is 9.13 Å². The topological polar surface area (TPSA) is 9.23 Å². The molecule has 0 N–H and O–H groups in total. The van der Waals surface area contributed by atoms with E-state index in [0.717, 1.165) is 21.3 Å². The van der Waals surface area contributed by atoms with Gasteiger partial charge in [-0.15, -0.1) is 0 Å². The van der Waals surface area contributed by atoms with Crippen LogP contribution in [0.2, 0.25) is 0 Å². The first kappa shape index (κ1) is 13.6. The predicted octanol–water partition coefficient (Wildman–Crippen LogP) is 5.24. The third kappa shape index (κ3) is 3.12. The average molecular weight is 374 g/mol. The van der Waals surface area contributed by atoms with Gasteiger partial charge in [0.1, 0.15) is 18.2 Å². The van der Waals surface area contributed by atoms with Gasteiger partial charge in [-0.25, -0.2) is 4.39 Å². The summed E-state index contributed by atoms with van der Waals surface area (Å²) >= 11 is 6.62. The molecular formula is C14H11Br2FO. The number of aryl methyl sites for hydroxylation is 1. The highest BCUT2D eigenvalue weighted by atomic mass is 79.9. The lowest BCUT2D eigenvalue weighted by Crippen LogP contribution is -1.99. The molecule has 0 saturated heterocycles. The summed E-state index contributed by atoms with van der Waals surface area (Å²) in [4.78, 5) is 0. The molecule has 0 aliphatic heterocycles. The molecule has 0 heterocycles. The van der Waals surface area contributed by atoms with Crippen molar-refractivity contribution in [2.75, 3.05) is 0 Å². The summed E-state index contributed by atoms with van der Waals surface area (Å²) in [6, 6.07) is 10.8. The molecule has 94 valence electrons. The summed E-state index contributed by atoms with van der Waals surface area (Å²) in [7, 11) is 0. The first-order chi connectivity index (χ1) is 8.58. The van der Waals surface area contributed by atoms with E-state index in [4.69, 9.17) is 4.74 Å². The number of hydrogen-bond donors (Lipinski definition) is 0. The first-order valence-corrected chi connectivity index (χ1v) is 6.98. The summed E-state index contributed by atoms with van der Waals surface area (Å²) in [5.41, 5.74) is 1.83. The summed E-state index contributed by atoms with van der Waals surface area (Å²) in [5, 5.41) is 0. The maximum atomic E-state index is 13.3. The minimum Gasteiger partial charge on any atom is -0.489 e. The van der Waals surface area contributed by atoms with Gasteiger partial charge in [0, 0.05) is 10.0 Å². The van der Waals surface area contributed by atoms with Crippen molar-refractivity contribution in [1.29, 1.82) is 0 Å². The van der Waals surface area contributed by atoms with E-state index in [-0.39, 0.29) is 5.82 Å². The van der Waals surface area contributed by atoms with Crippen LogP contribution in [0.4, 0.5) is 4.39 Å². The fourth-order valence-corrected chi connectivity index (χ4v) is 2.26. The molecule has 0 aliphatic rings. The Labute approximate surface area is 122 Å². The van der Waals surface area contributed by atoms with Crippen LogP contribution in [0.25, 0.3) is 0 Å². The minimum atomic E-state index is -0.276. The van der Waals surface area contributed by atoms with Gasteiger partial charge >= 0.3 is 0 Å². The van der Waals surface area contributed by atoms with Gasteiger partial charge in [0.05, 0.1) is 4.47 Å². The summed E-state index contributed by atoms with van der Waals surface area (Å²) in [6.07, 6.45) is 0.